The molecular weight excluding hydrogens is 232 g/mol. The molecule has 4 nitrogen and oxygen atoms in total. The summed E-state index contributed by atoms with van der Waals surface area (Å²) in [7, 11) is 0. The van der Waals surface area contributed by atoms with Crippen LogP contribution in [0.25, 0.3) is 0 Å². The highest BCUT2D eigenvalue weighted by Gasteiger charge is 2.27. The summed E-state index contributed by atoms with van der Waals surface area (Å²) >= 11 is 0. The Morgan fingerprint density at radius 3 is 0.833 bits per heavy atom. The van der Waals surface area contributed by atoms with Crippen molar-refractivity contribution in [2.45, 2.75) is 48.0 Å². The van der Waals surface area contributed by atoms with Crippen LogP contribution in [0.15, 0.2) is 0 Å². The van der Waals surface area contributed by atoms with Gasteiger partial charge in [0.25, 0.3) is 0 Å². The fraction of sp³-hybridized carbons (Fsp3) is 1.00. The van der Waals surface area contributed by atoms with E-state index in [1.165, 1.54) is 0 Å². The van der Waals surface area contributed by atoms with E-state index in [0.29, 0.717) is 0 Å². The SMILES string of the molecule is CC(C)(CO)CC(C)(C)CO.CC(C)(CO)CO. The third-order valence-electron chi connectivity index (χ3n) is 2.67. The summed E-state index contributed by atoms with van der Waals surface area (Å²) in [5, 5.41) is 34.8. The standard InChI is InChI=1S/C9H20O2.C5H12O2/c1-8(2,6-10)5-9(3,4)7-11;1-5(2,3-6)4-7/h10-11H,5-7H2,1-4H3;6-7H,3-4H2,1-2H3. The van der Waals surface area contributed by atoms with E-state index in [0.717, 1.165) is 6.42 Å². The minimum Gasteiger partial charge on any atom is -0.396 e. The third-order valence-corrected chi connectivity index (χ3v) is 2.67. The van der Waals surface area contributed by atoms with Crippen molar-refractivity contribution >= 4 is 0 Å². The van der Waals surface area contributed by atoms with Gasteiger partial charge in [-0.15, -0.1) is 0 Å². The number of rotatable bonds is 6. The number of hydrogen-bond acceptors (Lipinski definition) is 4. The first-order valence-corrected chi connectivity index (χ1v) is 6.39. The molecule has 4 heteroatoms. The molecule has 0 amide bonds. The second-order valence-electron chi connectivity index (χ2n) is 7.30. The molecule has 0 bridgehead atoms. The van der Waals surface area contributed by atoms with Crippen molar-refractivity contribution in [1.29, 1.82) is 0 Å². The van der Waals surface area contributed by atoms with Gasteiger partial charge in [0.2, 0.25) is 0 Å². The van der Waals surface area contributed by atoms with Crippen molar-refractivity contribution in [2.75, 3.05) is 26.4 Å². The van der Waals surface area contributed by atoms with Gasteiger partial charge in [0, 0.05) is 18.6 Å². The van der Waals surface area contributed by atoms with E-state index in [2.05, 4.69) is 0 Å². The first-order valence-electron chi connectivity index (χ1n) is 6.39. The zero-order valence-corrected chi connectivity index (χ0v) is 12.8. The van der Waals surface area contributed by atoms with E-state index in [-0.39, 0.29) is 42.7 Å². The maximum absolute atomic E-state index is 8.97. The quantitative estimate of drug-likeness (QED) is 0.585. The molecule has 0 fully saturated rings. The zero-order chi connectivity index (χ0) is 15.0. The average molecular weight is 264 g/mol. The maximum Gasteiger partial charge on any atom is 0.0504 e. The Labute approximate surface area is 112 Å². The van der Waals surface area contributed by atoms with Gasteiger partial charge >= 0.3 is 0 Å². The molecule has 112 valence electrons. The second kappa shape index (κ2) is 8.10. The van der Waals surface area contributed by atoms with Crippen LogP contribution < -0.4 is 0 Å². The van der Waals surface area contributed by atoms with Crippen molar-refractivity contribution in [3.8, 4) is 0 Å². The molecule has 0 aliphatic carbocycles. The number of aliphatic hydroxyl groups excluding tert-OH is 4. The fourth-order valence-corrected chi connectivity index (χ4v) is 1.46. The fourth-order valence-electron chi connectivity index (χ4n) is 1.46. The molecule has 0 aromatic carbocycles. The summed E-state index contributed by atoms with van der Waals surface area (Å²) in [6.07, 6.45) is 0.840. The van der Waals surface area contributed by atoms with Gasteiger partial charge in [-0.25, -0.2) is 0 Å². The van der Waals surface area contributed by atoms with Gasteiger partial charge in [-0.05, 0) is 17.3 Å². The van der Waals surface area contributed by atoms with Crippen LogP contribution in [0.2, 0.25) is 0 Å². The Balaban J connectivity index is 0. The van der Waals surface area contributed by atoms with Crippen molar-refractivity contribution in [2.24, 2.45) is 16.2 Å². The van der Waals surface area contributed by atoms with E-state index in [1.54, 1.807) is 13.8 Å². The summed E-state index contributed by atoms with van der Waals surface area (Å²) in [6, 6.07) is 0. The Bertz CT molecular complexity index is 190. The van der Waals surface area contributed by atoms with Gasteiger partial charge in [-0.3, -0.25) is 0 Å². The molecule has 0 heterocycles. The van der Waals surface area contributed by atoms with Crippen molar-refractivity contribution < 1.29 is 20.4 Å². The van der Waals surface area contributed by atoms with Crippen LogP contribution in [0.5, 0.6) is 0 Å². The molecule has 0 aromatic rings. The first kappa shape index (κ1) is 20.2. The Hall–Kier alpha value is -0.160. The minimum absolute atomic E-state index is 0.0451. The lowest BCUT2D eigenvalue weighted by atomic mass is 9.76. The minimum atomic E-state index is -0.306. The highest BCUT2D eigenvalue weighted by Crippen LogP contribution is 2.32. The molecule has 0 spiro atoms. The highest BCUT2D eigenvalue weighted by molar-refractivity contribution is 4.77. The van der Waals surface area contributed by atoms with Gasteiger partial charge in [-0.1, -0.05) is 41.5 Å². The topological polar surface area (TPSA) is 80.9 Å². The number of aliphatic hydroxyl groups is 4. The second-order valence-corrected chi connectivity index (χ2v) is 7.30. The number of hydrogen-bond donors (Lipinski definition) is 4. The third kappa shape index (κ3) is 11.0. The molecule has 0 rings (SSSR count). The van der Waals surface area contributed by atoms with Crippen molar-refractivity contribution in [3.63, 3.8) is 0 Å². The molecule has 0 saturated carbocycles. The normalized spacial score (nSPS) is 13.0. The Morgan fingerprint density at radius 1 is 0.500 bits per heavy atom. The van der Waals surface area contributed by atoms with Crippen molar-refractivity contribution in [3.05, 3.63) is 0 Å². The van der Waals surface area contributed by atoms with Crippen LogP contribution in [0.1, 0.15) is 48.0 Å². The molecule has 0 unspecified atom stereocenters. The lowest BCUT2D eigenvalue weighted by molar-refractivity contribution is 0.0651. The Kier molecular flexibility index (Phi) is 9.07. The summed E-state index contributed by atoms with van der Waals surface area (Å²) in [5.74, 6) is 0. The van der Waals surface area contributed by atoms with Crippen LogP contribution in [0.4, 0.5) is 0 Å². The molecule has 0 atom stereocenters. The van der Waals surface area contributed by atoms with E-state index in [4.69, 9.17) is 20.4 Å². The van der Waals surface area contributed by atoms with Gasteiger partial charge < -0.3 is 20.4 Å². The van der Waals surface area contributed by atoms with Gasteiger partial charge in [-0.2, -0.15) is 0 Å². The highest BCUT2D eigenvalue weighted by atomic mass is 16.3. The van der Waals surface area contributed by atoms with Crippen LogP contribution in [0, 0.1) is 16.2 Å². The smallest absolute Gasteiger partial charge is 0.0504 e. The van der Waals surface area contributed by atoms with Crippen LogP contribution in [-0.4, -0.2) is 46.9 Å². The lowest BCUT2D eigenvalue weighted by Gasteiger charge is -2.32. The monoisotopic (exact) mass is 264 g/mol. The van der Waals surface area contributed by atoms with Gasteiger partial charge in [0.15, 0.2) is 0 Å². The molecule has 0 aromatic heterocycles. The van der Waals surface area contributed by atoms with Crippen LogP contribution in [-0.2, 0) is 0 Å². The van der Waals surface area contributed by atoms with E-state index >= 15 is 0 Å². The predicted molar refractivity (Wildman–Crippen MR) is 74.3 cm³/mol. The molecule has 18 heavy (non-hydrogen) atoms. The first-order chi connectivity index (χ1) is 7.95. The Morgan fingerprint density at radius 2 is 0.722 bits per heavy atom. The van der Waals surface area contributed by atoms with Gasteiger partial charge in [0.05, 0.1) is 13.2 Å². The van der Waals surface area contributed by atoms with Crippen LogP contribution >= 0.6 is 0 Å². The van der Waals surface area contributed by atoms with Crippen LogP contribution in [0.3, 0.4) is 0 Å². The molecule has 0 aliphatic rings. The largest absolute Gasteiger partial charge is 0.396 e. The average Bonchev–Trinajstić information content (AvgIpc) is 2.29. The predicted octanol–water partition coefficient (Wildman–Crippen LogP) is 1.41. The summed E-state index contributed by atoms with van der Waals surface area (Å²) in [4.78, 5) is 0. The lowest BCUT2D eigenvalue weighted by Crippen LogP contribution is -2.28. The molecule has 4 N–H and O–H groups in total. The molecule has 0 saturated heterocycles. The summed E-state index contributed by atoms with van der Waals surface area (Å²) in [5.41, 5.74) is -0.460. The summed E-state index contributed by atoms with van der Waals surface area (Å²) < 4.78 is 0. The molecular formula is C14H32O4. The zero-order valence-electron chi connectivity index (χ0n) is 12.8. The maximum atomic E-state index is 8.97. The van der Waals surface area contributed by atoms with E-state index in [1.807, 2.05) is 27.7 Å². The van der Waals surface area contributed by atoms with E-state index in [9.17, 15) is 0 Å². The molecule has 0 aliphatic heterocycles. The van der Waals surface area contributed by atoms with Gasteiger partial charge in [0.1, 0.15) is 0 Å². The summed E-state index contributed by atoms with van der Waals surface area (Å²) in [6.45, 7) is 12.1. The molecule has 0 radical (unpaired) electrons. The van der Waals surface area contributed by atoms with E-state index < -0.39 is 0 Å². The van der Waals surface area contributed by atoms with Crippen molar-refractivity contribution in [1.82, 2.24) is 0 Å².